The first kappa shape index (κ1) is 23.2. The summed E-state index contributed by atoms with van der Waals surface area (Å²) in [4.78, 5) is 15.8. The molecular weight excluding hydrogens is 418 g/mol. The Balaban J connectivity index is 1.49. The molecule has 6 nitrogen and oxygen atoms in total. The van der Waals surface area contributed by atoms with Crippen molar-refractivity contribution in [2.45, 2.75) is 38.5 Å². The van der Waals surface area contributed by atoms with Crippen LogP contribution in [0, 0.1) is 0 Å². The number of fused-ring (bicyclic) bond motifs is 1. The molecule has 0 atom stereocenters. The van der Waals surface area contributed by atoms with Crippen molar-refractivity contribution in [3.05, 3.63) is 52.7 Å². The van der Waals surface area contributed by atoms with Gasteiger partial charge >= 0.3 is 0 Å². The molecule has 176 valence electrons. The zero-order valence-electron chi connectivity index (χ0n) is 19.6. The van der Waals surface area contributed by atoms with Gasteiger partial charge < -0.3 is 23.5 Å². The second-order valence-electron chi connectivity index (χ2n) is 8.47. The third-order valence-corrected chi connectivity index (χ3v) is 6.22. The van der Waals surface area contributed by atoms with Gasteiger partial charge in [0.15, 0.2) is 17.3 Å². The van der Waals surface area contributed by atoms with Gasteiger partial charge in [0, 0.05) is 5.56 Å². The largest absolute Gasteiger partial charge is 0.493 e. The summed E-state index contributed by atoms with van der Waals surface area (Å²) in [6, 6.07) is 12.7. The second-order valence-corrected chi connectivity index (χ2v) is 8.47. The van der Waals surface area contributed by atoms with Gasteiger partial charge in [-0.05, 0) is 75.6 Å². The zero-order valence-corrected chi connectivity index (χ0v) is 19.6. The van der Waals surface area contributed by atoms with Gasteiger partial charge in [-0.25, -0.2) is 0 Å². The maximum absolute atomic E-state index is 13.3. The molecule has 0 saturated carbocycles. The van der Waals surface area contributed by atoms with Gasteiger partial charge in [0.1, 0.15) is 5.58 Å². The number of methoxy groups -OCH3 is 2. The van der Waals surface area contributed by atoms with Crippen LogP contribution in [0.1, 0.15) is 38.5 Å². The highest BCUT2D eigenvalue weighted by atomic mass is 16.5. The highest BCUT2D eigenvalue weighted by Gasteiger charge is 2.19. The molecule has 0 amide bonds. The lowest BCUT2D eigenvalue weighted by Crippen LogP contribution is -2.20. The van der Waals surface area contributed by atoms with Gasteiger partial charge in [-0.1, -0.05) is 25.0 Å². The summed E-state index contributed by atoms with van der Waals surface area (Å²) in [6.45, 7) is 4.17. The molecule has 1 aliphatic rings. The van der Waals surface area contributed by atoms with Crippen molar-refractivity contribution in [2.24, 2.45) is 0 Å². The number of nitrogens with zero attached hydrogens (tertiary/aromatic N) is 1. The summed E-state index contributed by atoms with van der Waals surface area (Å²) in [5.41, 5.74) is 1.08. The molecule has 1 aliphatic heterocycles. The summed E-state index contributed by atoms with van der Waals surface area (Å²) >= 11 is 0. The monoisotopic (exact) mass is 451 g/mol. The minimum Gasteiger partial charge on any atom is -0.493 e. The summed E-state index contributed by atoms with van der Waals surface area (Å²) in [5, 5.41) is 0.516. The smallest absolute Gasteiger partial charge is 0.235 e. The van der Waals surface area contributed by atoms with Crippen LogP contribution >= 0.6 is 0 Å². The Labute approximate surface area is 195 Å². The average molecular weight is 452 g/mol. The number of likely N-dealkylation sites (tertiary alicyclic amines) is 1. The lowest BCUT2D eigenvalue weighted by atomic mass is 10.1. The number of para-hydroxylation sites is 1. The van der Waals surface area contributed by atoms with Crippen molar-refractivity contribution < 1.29 is 18.6 Å². The number of rotatable bonds is 11. The quantitative estimate of drug-likeness (QED) is 0.358. The zero-order chi connectivity index (χ0) is 23.0. The number of benzene rings is 2. The van der Waals surface area contributed by atoms with E-state index < -0.39 is 0 Å². The Kier molecular flexibility index (Phi) is 7.89. The third-order valence-electron chi connectivity index (χ3n) is 6.22. The number of ether oxygens (including phenoxy) is 3. The van der Waals surface area contributed by atoms with Crippen LogP contribution < -0.4 is 19.6 Å². The maximum atomic E-state index is 13.3. The summed E-state index contributed by atoms with van der Waals surface area (Å²) in [7, 11) is 3.17. The second kappa shape index (κ2) is 11.2. The van der Waals surface area contributed by atoms with E-state index in [4.69, 9.17) is 18.6 Å². The number of unbranched alkanes of at least 4 members (excludes halogenated alkanes) is 3. The van der Waals surface area contributed by atoms with Gasteiger partial charge in [-0.15, -0.1) is 0 Å². The van der Waals surface area contributed by atoms with Crippen LogP contribution in [0.2, 0.25) is 0 Å². The van der Waals surface area contributed by atoms with E-state index in [0.29, 0.717) is 40.4 Å². The minimum atomic E-state index is -0.157. The van der Waals surface area contributed by atoms with Gasteiger partial charge in [0.2, 0.25) is 11.2 Å². The molecule has 0 bridgehead atoms. The SMILES string of the molecule is COc1ccc(-c2oc3ccccc3c(=O)c2OCCCCCCN2CCCC2)cc1OC. The van der Waals surface area contributed by atoms with E-state index in [9.17, 15) is 4.79 Å². The van der Waals surface area contributed by atoms with Gasteiger partial charge in [0.25, 0.3) is 0 Å². The van der Waals surface area contributed by atoms with Crippen molar-refractivity contribution in [3.8, 4) is 28.6 Å². The highest BCUT2D eigenvalue weighted by Crippen LogP contribution is 2.36. The predicted octanol–water partition coefficient (Wildman–Crippen LogP) is 5.51. The molecular formula is C27H33NO5. The fourth-order valence-electron chi connectivity index (χ4n) is 4.40. The third kappa shape index (κ3) is 5.50. The Morgan fingerprint density at radius 2 is 1.67 bits per heavy atom. The predicted molar refractivity (Wildman–Crippen MR) is 131 cm³/mol. The molecule has 6 heteroatoms. The molecule has 4 rings (SSSR count). The van der Waals surface area contributed by atoms with Gasteiger partial charge in [-0.2, -0.15) is 0 Å². The van der Waals surface area contributed by atoms with E-state index in [2.05, 4.69) is 4.90 Å². The van der Waals surface area contributed by atoms with Crippen molar-refractivity contribution in [1.82, 2.24) is 4.90 Å². The Morgan fingerprint density at radius 1 is 0.909 bits per heavy atom. The molecule has 0 N–H and O–H groups in total. The van der Waals surface area contributed by atoms with E-state index in [1.165, 1.54) is 45.3 Å². The molecule has 1 aromatic heterocycles. The fourth-order valence-corrected chi connectivity index (χ4v) is 4.40. The van der Waals surface area contributed by atoms with Crippen molar-refractivity contribution in [1.29, 1.82) is 0 Å². The first-order valence-corrected chi connectivity index (χ1v) is 11.8. The van der Waals surface area contributed by atoms with Crippen LogP contribution in [0.3, 0.4) is 0 Å². The van der Waals surface area contributed by atoms with Crippen molar-refractivity contribution in [3.63, 3.8) is 0 Å². The Bertz CT molecular complexity index is 1120. The van der Waals surface area contributed by atoms with Crippen molar-refractivity contribution >= 4 is 11.0 Å². The number of hydrogen-bond acceptors (Lipinski definition) is 6. The van der Waals surface area contributed by atoms with E-state index in [-0.39, 0.29) is 11.2 Å². The van der Waals surface area contributed by atoms with E-state index >= 15 is 0 Å². The first-order valence-electron chi connectivity index (χ1n) is 11.8. The molecule has 0 spiro atoms. The van der Waals surface area contributed by atoms with Crippen LogP contribution in [0.5, 0.6) is 17.2 Å². The van der Waals surface area contributed by atoms with Crippen LogP contribution in [0.25, 0.3) is 22.3 Å². The minimum absolute atomic E-state index is 0.157. The molecule has 3 aromatic rings. The first-order chi connectivity index (χ1) is 16.2. The average Bonchev–Trinajstić information content (AvgIpc) is 3.37. The molecule has 1 fully saturated rings. The van der Waals surface area contributed by atoms with Crippen molar-refractivity contribution in [2.75, 3.05) is 40.5 Å². The standard InChI is InChI=1S/C27H33NO5/c1-30-23-14-13-20(19-24(23)31-2)26-27(25(29)21-11-5-6-12-22(21)33-26)32-18-10-4-3-7-15-28-16-8-9-17-28/h5-6,11-14,19H,3-4,7-10,15-18H2,1-2H3. The maximum Gasteiger partial charge on any atom is 0.235 e. The molecule has 33 heavy (non-hydrogen) atoms. The van der Waals surface area contributed by atoms with Gasteiger partial charge in [0.05, 0.1) is 26.2 Å². The molecule has 0 aliphatic carbocycles. The fraction of sp³-hybridized carbons (Fsp3) is 0.444. The van der Waals surface area contributed by atoms with E-state index in [0.717, 1.165) is 12.8 Å². The highest BCUT2D eigenvalue weighted by molar-refractivity contribution is 5.82. The van der Waals surface area contributed by atoms with Gasteiger partial charge in [-0.3, -0.25) is 4.79 Å². The lowest BCUT2D eigenvalue weighted by Gasteiger charge is -2.14. The van der Waals surface area contributed by atoms with Crippen LogP contribution in [0.4, 0.5) is 0 Å². The molecule has 0 radical (unpaired) electrons. The summed E-state index contributed by atoms with van der Waals surface area (Å²) in [5.74, 6) is 1.84. The topological polar surface area (TPSA) is 61.1 Å². The molecule has 2 heterocycles. The molecule has 0 unspecified atom stereocenters. The Hall–Kier alpha value is -2.99. The van der Waals surface area contributed by atoms with Crippen LogP contribution in [-0.4, -0.2) is 45.4 Å². The summed E-state index contributed by atoms with van der Waals surface area (Å²) in [6.07, 6.45) is 7.05. The van der Waals surface area contributed by atoms with E-state index in [1.54, 1.807) is 38.5 Å². The summed E-state index contributed by atoms with van der Waals surface area (Å²) < 4.78 is 23.0. The lowest BCUT2D eigenvalue weighted by molar-refractivity contribution is 0.291. The van der Waals surface area contributed by atoms with Crippen LogP contribution in [0.15, 0.2) is 51.7 Å². The number of hydrogen-bond donors (Lipinski definition) is 0. The normalized spacial score (nSPS) is 14.0. The molecule has 2 aromatic carbocycles. The Morgan fingerprint density at radius 3 is 2.45 bits per heavy atom. The van der Waals surface area contributed by atoms with Crippen LogP contribution in [-0.2, 0) is 0 Å². The molecule has 1 saturated heterocycles. The van der Waals surface area contributed by atoms with E-state index in [1.807, 2.05) is 18.2 Å².